The number of carbonyl (C=O) groups is 1. The van der Waals surface area contributed by atoms with E-state index in [1.54, 1.807) is 6.33 Å². The fourth-order valence-electron chi connectivity index (χ4n) is 4.20. The van der Waals surface area contributed by atoms with Crippen LogP contribution >= 0.6 is 0 Å². The monoisotopic (exact) mass is 474 g/mol. The predicted octanol–water partition coefficient (Wildman–Crippen LogP) is 6.01. The second-order valence-corrected chi connectivity index (χ2v) is 8.24. The molecule has 4 rings (SSSR count). The Morgan fingerprint density at radius 2 is 1.69 bits per heavy atom. The zero-order valence-corrected chi connectivity index (χ0v) is 19.9. The van der Waals surface area contributed by atoms with E-state index in [9.17, 15) is 13.6 Å². The summed E-state index contributed by atoms with van der Waals surface area (Å²) < 4.78 is 26.3. The van der Waals surface area contributed by atoms with Crippen molar-refractivity contribution in [2.24, 2.45) is 0 Å². The summed E-state index contributed by atoms with van der Waals surface area (Å²) in [6.45, 7) is 4.66. The number of halogens is 2. The molecule has 35 heavy (non-hydrogen) atoms. The number of nitrogens with one attached hydrogen (secondary N) is 1. The summed E-state index contributed by atoms with van der Waals surface area (Å²) in [5, 5.41) is 3.84. The van der Waals surface area contributed by atoms with Gasteiger partial charge in [0.1, 0.15) is 25.5 Å². The summed E-state index contributed by atoms with van der Waals surface area (Å²) in [5.41, 5.74) is 4.59. The van der Waals surface area contributed by atoms with Crippen molar-refractivity contribution in [2.45, 2.75) is 33.7 Å². The minimum absolute atomic E-state index is 0.189. The highest BCUT2D eigenvalue weighted by Gasteiger charge is 2.13. The molecule has 0 aliphatic carbocycles. The number of alkyl halides is 2. The molecule has 1 N–H and O–H groups in total. The Kier molecular flexibility index (Phi) is 7.65. The van der Waals surface area contributed by atoms with Gasteiger partial charge in [-0.15, -0.1) is 0 Å². The maximum Gasteiger partial charge on any atom is 0.251 e. The largest absolute Gasteiger partial charge is 0.357 e. The van der Waals surface area contributed by atoms with Crippen LogP contribution in [0.2, 0.25) is 0 Å². The van der Waals surface area contributed by atoms with Gasteiger partial charge < -0.3 is 10.2 Å². The summed E-state index contributed by atoms with van der Waals surface area (Å²) >= 11 is 0. The van der Waals surface area contributed by atoms with E-state index in [0.717, 1.165) is 46.5 Å². The molecular formula is C28H28F2N4O. The lowest BCUT2D eigenvalue weighted by Crippen LogP contribution is -2.24. The van der Waals surface area contributed by atoms with Crippen LogP contribution in [0.15, 0.2) is 67.0 Å². The third-order valence-electron chi connectivity index (χ3n) is 6.10. The van der Waals surface area contributed by atoms with Crippen LogP contribution in [0.5, 0.6) is 0 Å². The molecule has 0 aliphatic rings. The number of anilines is 1. The van der Waals surface area contributed by atoms with E-state index >= 15 is 0 Å². The number of amides is 1. The molecule has 3 aromatic carbocycles. The molecule has 0 radical (unpaired) electrons. The van der Waals surface area contributed by atoms with Crippen molar-refractivity contribution >= 4 is 22.6 Å². The first kappa shape index (κ1) is 24.3. The number of nitrogens with zero attached hydrogens (tertiary/aromatic N) is 3. The van der Waals surface area contributed by atoms with Crippen LogP contribution in [-0.2, 0) is 19.9 Å². The van der Waals surface area contributed by atoms with Crippen molar-refractivity contribution in [3.8, 4) is 11.1 Å². The van der Waals surface area contributed by atoms with E-state index < -0.39 is 13.3 Å². The summed E-state index contributed by atoms with van der Waals surface area (Å²) in [6.07, 6.45) is 1.60. The highest BCUT2D eigenvalue weighted by atomic mass is 19.1. The number of carbonyl (C=O) groups excluding carboxylic acids is 1. The number of hydrogen-bond donors (Lipinski definition) is 1. The number of hydrogen-bond acceptors (Lipinski definition) is 4. The number of fused-ring (bicyclic) bond motifs is 1. The van der Waals surface area contributed by atoms with Crippen LogP contribution in [0.25, 0.3) is 22.0 Å². The molecule has 180 valence electrons. The first-order chi connectivity index (χ1) is 17.1. The highest BCUT2D eigenvalue weighted by molar-refractivity contribution is 5.96. The van der Waals surface area contributed by atoms with Crippen LogP contribution < -0.4 is 10.2 Å². The van der Waals surface area contributed by atoms with Crippen molar-refractivity contribution in [1.82, 2.24) is 15.3 Å². The standard InChI is InChI=1S/C28H28F2N4O/c1-3-34(4-2)27-25-14-22(9-11-26(25)32-18-33-27)21-7-5-6-20(13-21)17-31-28(35)24-10-8-19(15-29)12-23(24)16-30/h5-14,18H,3-4,15-17H2,1-2H3,(H,31,35). The molecule has 0 bridgehead atoms. The number of aromatic nitrogens is 2. The molecular weight excluding hydrogens is 446 g/mol. The lowest BCUT2D eigenvalue weighted by atomic mass is 10.0. The molecule has 0 spiro atoms. The quantitative estimate of drug-likeness (QED) is 0.323. The Morgan fingerprint density at radius 3 is 2.43 bits per heavy atom. The fourth-order valence-corrected chi connectivity index (χ4v) is 4.20. The predicted molar refractivity (Wildman–Crippen MR) is 136 cm³/mol. The van der Waals surface area contributed by atoms with Crippen molar-refractivity contribution in [1.29, 1.82) is 0 Å². The molecule has 0 aliphatic heterocycles. The summed E-state index contributed by atoms with van der Waals surface area (Å²) in [5.74, 6) is 0.521. The fraction of sp³-hybridized carbons (Fsp3) is 0.250. The first-order valence-corrected chi connectivity index (χ1v) is 11.7. The third kappa shape index (κ3) is 5.29. The molecule has 1 amide bonds. The molecule has 0 atom stereocenters. The highest BCUT2D eigenvalue weighted by Crippen LogP contribution is 2.29. The molecule has 7 heteroatoms. The smallest absolute Gasteiger partial charge is 0.251 e. The van der Waals surface area contributed by atoms with Gasteiger partial charge in [-0.1, -0.05) is 30.3 Å². The summed E-state index contributed by atoms with van der Waals surface area (Å²) in [4.78, 5) is 23.8. The Labute approximate surface area is 203 Å². The van der Waals surface area contributed by atoms with Gasteiger partial charge in [0.2, 0.25) is 0 Å². The van der Waals surface area contributed by atoms with Gasteiger partial charge in [-0.2, -0.15) is 0 Å². The molecule has 0 fully saturated rings. The van der Waals surface area contributed by atoms with Gasteiger partial charge in [-0.25, -0.2) is 18.7 Å². The average molecular weight is 475 g/mol. The van der Waals surface area contributed by atoms with E-state index in [1.807, 2.05) is 36.4 Å². The Hall–Kier alpha value is -3.87. The third-order valence-corrected chi connectivity index (χ3v) is 6.10. The van der Waals surface area contributed by atoms with Crippen LogP contribution in [0, 0.1) is 0 Å². The molecule has 4 aromatic rings. The van der Waals surface area contributed by atoms with Gasteiger partial charge in [0.15, 0.2) is 0 Å². The zero-order chi connectivity index (χ0) is 24.8. The van der Waals surface area contributed by atoms with Gasteiger partial charge in [0.05, 0.1) is 5.52 Å². The van der Waals surface area contributed by atoms with E-state index in [-0.39, 0.29) is 23.6 Å². The van der Waals surface area contributed by atoms with E-state index in [4.69, 9.17) is 0 Å². The Bertz CT molecular complexity index is 1340. The SMILES string of the molecule is CCN(CC)c1ncnc2ccc(-c3cccc(CNC(=O)c4ccc(CF)cc4CF)c3)cc12. The molecule has 5 nitrogen and oxygen atoms in total. The minimum Gasteiger partial charge on any atom is -0.357 e. The lowest BCUT2D eigenvalue weighted by molar-refractivity contribution is 0.0949. The lowest BCUT2D eigenvalue weighted by Gasteiger charge is -2.21. The van der Waals surface area contributed by atoms with E-state index in [2.05, 4.69) is 40.1 Å². The molecule has 0 unspecified atom stereocenters. The van der Waals surface area contributed by atoms with Crippen LogP contribution in [-0.4, -0.2) is 29.0 Å². The topological polar surface area (TPSA) is 58.1 Å². The van der Waals surface area contributed by atoms with Gasteiger partial charge >= 0.3 is 0 Å². The normalized spacial score (nSPS) is 11.0. The number of rotatable bonds is 9. The van der Waals surface area contributed by atoms with E-state index in [0.29, 0.717) is 5.56 Å². The van der Waals surface area contributed by atoms with Gasteiger partial charge in [0.25, 0.3) is 5.91 Å². The summed E-state index contributed by atoms with van der Waals surface area (Å²) in [6, 6.07) is 18.4. The molecule has 0 saturated carbocycles. The molecule has 1 aromatic heterocycles. The maximum absolute atomic E-state index is 13.4. The molecule has 1 heterocycles. The van der Waals surface area contributed by atoms with Crippen LogP contribution in [0.3, 0.4) is 0 Å². The Morgan fingerprint density at radius 1 is 0.886 bits per heavy atom. The Balaban J connectivity index is 1.57. The zero-order valence-electron chi connectivity index (χ0n) is 19.9. The second-order valence-electron chi connectivity index (χ2n) is 8.24. The van der Waals surface area contributed by atoms with Crippen molar-refractivity contribution in [3.63, 3.8) is 0 Å². The minimum atomic E-state index is -0.826. The average Bonchev–Trinajstić information content (AvgIpc) is 2.92. The van der Waals surface area contributed by atoms with Crippen molar-refractivity contribution in [3.05, 3.63) is 89.2 Å². The number of benzene rings is 3. The van der Waals surface area contributed by atoms with E-state index in [1.165, 1.54) is 18.2 Å². The molecule has 0 saturated heterocycles. The van der Waals surface area contributed by atoms with Gasteiger partial charge in [-0.3, -0.25) is 4.79 Å². The maximum atomic E-state index is 13.4. The van der Waals surface area contributed by atoms with Crippen molar-refractivity contribution in [2.75, 3.05) is 18.0 Å². The van der Waals surface area contributed by atoms with Gasteiger partial charge in [-0.05, 0) is 72.0 Å². The van der Waals surface area contributed by atoms with Crippen LogP contribution in [0.4, 0.5) is 14.6 Å². The first-order valence-electron chi connectivity index (χ1n) is 11.7. The second kappa shape index (κ2) is 11.0. The summed E-state index contributed by atoms with van der Waals surface area (Å²) in [7, 11) is 0. The van der Waals surface area contributed by atoms with Gasteiger partial charge in [0, 0.05) is 30.6 Å². The van der Waals surface area contributed by atoms with Crippen LogP contribution in [0.1, 0.15) is 40.9 Å². The van der Waals surface area contributed by atoms with Crippen molar-refractivity contribution < 1.29 is 13.6 Å².